The van der Waals surface area contributed by atoms with Crippen LogP contribution in [0.1, 0.15) is 45.4 Å². The quantitative estimate of drug-likeness (QED) is 0.177. The maximum absolute atomic E-state index is 11.4. The van der Waals surface area contributed by atoms with E-state index < -0.39 is 18.0 Å². The smallest absolute Gasteiger partial charge is 0.370 e. The summed E-state index contributed by atoms with van der Waals surface area (Å²) >= 11 is 0. The van der Waals surface area contributed by atoms with E-state index >= 15 is 0 Å². The molecule has 0 aliphatic rings. The largest absolute Gasteiger partial charge is 0.372 e. The van der Waals surface area contributed by atoms with Crippen LogP contribution in [0.25, 0.3) is 0 Å². The van der Waals surface area contributed by atoms with Crippen molar-refractivity contribution in [3.05, 3.63) is 0 Å². The molecule has 8 heteroatoms. The van der Waals surface area contributed by atoms with Crippen LogP contribution in [0, 0.1) is 0 Å². The van der Waals surface area contributed by atoms with Gasteiger partial charge in [-0.3, -0.25) is 4.99 Å². The predicted octanol–water partition coefficient (Wildman–Crippen LogP) is -0.0510. The standard InChI is InChI=1S/C12H24N4O4/c1-2-3-4-7-10(17)19-20-11(18)9(13)6-5-8-16-12(14)15/h9H,2-8,13H2,1H3,(H4,14,15,16). The molecule has 0 aromatic carbocycles. The van der Waals surface area contributed by atoms with Crippen molar-refractivity contribution in [2.24, 2.45) is 22.2 Å². The van der Waals surface area contributed by atoms with Crippen LogP contribution in [-0.2, 0) is 19.4 Å². The molecule has 0 saturated carbocycles. The monoisotopic (exact) mass is 288 g/mol. The van der Waals surface area contributed by atoms with Crippen LogP contribution >= 0.6 is 0 Å². The second-order valence-corrected chi connectivity index (χ2v) is 4.37. The molecule has 0 fully saturated rings. The Hall–Kier alpha value is -1.83. The zero-order chi connectivity index (χ0) is 15.4. The summed E-state index contributed by atoms with van der Waals surface area (Å²) in [5, 5.41) is 0. The highest BCUT2D eigenvalue weighted by atomic mass is 17.2. The van der Waals surface area contributed by atoms with Gasteiger partial charge in [0.1, 0.15) is 6.04 Å². The maximum Gasteiger partial charge on any atom is 0.372 e. The molecule has 0 aromatic heterocycles. The molecule has 0 aliphatic carbocycles. The van der Waals surface area contributed by atoms with E-state index in [2.05, 4.69) is 14.8 Å². The molecule has 1 unspecified atom stereocenters. The van der Waals surface area contributed by atoms with E-state index in [4.69, 9.17) is 17.2 Å². The molecule has 8 nitrogen and oxygen atoms in total. The summed E-state index contributed by atoms with van der Waals surface area (Å²) in [7, 11) is 0. The van der Waals surface area contributed by atoms with Crippen molar-refractivity contribution < 1.29 is 19.4 Å². The summed E-state index contributed by atoms with van der Waals surface area (Å²) in [6, 6.07) is -0.868. The maximum atomic E-state index is 11.4. The molecular formula is C12H24N4O4. The van der Waals surface area contributed by atoms with Crippen LogP contribution in [-0.4, -0.2) is 30.5 Å². The molecule has 0 heterocycles. The van der Waals surface area contributed by atoms with E-state index in [0.29, 0.717) is 25.8 Å². The molecule has 0 spiro atoms. The van der Waals surface area contributed by atoms with Crippen molar-refractivity contribution in [1.29, 1.82) is 0 Å². The second-order valence-electron chi connectivity index (χ2n) is 4.37. The van der Waals surface area contributed by atoms with Gasteiger partial charge in [0.25, 0.3) is 0 Å². The lowest BCUT2D eigenvalue weighted by Crippen LogP contribution is -2.33. The number of nitrogens with two attached hydrogens (primary N) is 3. The third kappa shape index (κ3) is 10.1. The Morgan fingerprint density at radius 2 is 1.85 bits per heavy atom. The van der Waals surface area contributed by atoms with Crippen molar-refractivity contribution in [3.63, 3.8) is 0 Å². The summed E-state index contributed by atoms with van der Waals surface area (Å²) in [6.45, 7) is 2.40. The normalized spacial score (nSPS) is 11.5. The Morgan fingerprint density at radius 3 is 2.45 bits per heavy atom. The Labute approximate surface area is 118 Å². The van der Waals surface area contributed by atoms with Gasteiger partial charge in [-0.05, 0) is 19.3 Å². The van der Waals surface area contributed by atoms with E-state index in [1.807, 2.05) is 6.92 Å². The fourth-order valence-corrected chi connectivity index (χ4v) is 1.35. The predicted molar refractivity (Wildman–Crippen MR) is 74.2 cm³/mol. The topological polar surface area (TPSA) is 143 Å². The average Bonchev–Trinajstić information content (AvgIpc) is 2.40. The molecule has 116 valence electrons. The Kier molecular flexibility index (Phi) is 10.0. The number of hydrogen-bond donors (Lipinski definition) is 3. The molecule has 0 aromatic rings. The SMILES string of the molecule is CCCCCC(=O)OOC(=O)C(N)CCCN=C(N)N. The van der Waals surface area contributed by atoms with Gasteiger partial charge in [-0.2, -0.15) is 0 Å². The van der Waals surface area contributed by atoms with Gasteiger partial charge >= 0.3 is 11.9 Å². The van der Waals surface area contributed by atoms with Gasteiger partial charge in [0.05, 0.1) is 6.42 Å². The van der Waals surface area contributed by atoms with Gasteiger partial charge in [-0.15, -0.1) is 0 Å². The number of nitrogens with zero attached hydrogens (tertiary/aromatic N) is 1. The molecule has 0 saturated heterocycles. The van der Waals surface area contributed by atoms with Gasteiger partial charge in [-0.1, -0.05) is 19.8 Å². The number of carbonyl (C=O) groups excluding carboxylic acids is 2. The van der Waals surface area contributed by atoms with Crippen LogP contribution in [0.4, 0.5) is 0 Å². The third-order valence-corrected chi connectivity index (χ3v) is 2.47. The van der Waals surface area contributed by atoms with Crippen LogP contribution < -0.4 is 17.2 Å². The number of guanidine groups is 1. The van der Waals surface area contributed by atoms with Crippen molar-refractivity contribution in [3.8, 4) is 0 Å². The lowest BCUT2D eigenvalue weighted by Gasteiger charge is -2.08. The number of hydrogen-bond acceptors (Lipinski definition) is 6. The Balaban J connectivity index is 3.74. The van der Waals surface area contributed by atoms with Crippen LogP contribution in [0.5, 0.6) is 0 Å². The number of rotatable bonds is 9. The minimum Gasteiger partial charge on any atom is -0.370 e. The molecule has 0 bridgehead atoms. The summed E-state index contributed by atoms with van der Waals surface area (Å²) in [5.74, 6) is -1.36. The summed E-state index contributed by atoms with van der Waals surface area (Å²) in [6.07, 6.45) is 3.71. The first-order valence-electron chi connectivity index (χ1n) is 6.69. The average molecular weight is 288 g/mol. The van der Waals surface area contributed by atoms with Crippen molar-refractivity contribution in [2.45, 2.75) is 51.5 Å². The van der Waals surface area contributed by atoms with Crippen LogP contribution in [0.3, 0.4) is 0 Å². The summed E-state index contributed by atoms with van der Waals surface area (Å²) in [4.78, 5) is 35.1. The lowest BCUT2D eigenvalue weighted by atomic mass is 10.2. The van der Waals surface area contributed by atoms with Gasteiger partial charge in [0.2, 0.25) is 0 Å². The van der Waals surface area contributed by atoms with E-state index in [9.17, 15) is 9.59 Å². The zero-order valence-corrected chi connectivity index (χ0v) is 11.8. The number of aliphatic imine (C=N–C) groups is 1. The first-order valence-corrected chi connectivity index (χ1v) is 6.69. The van der Waals surface area contributed by atoms with E-state index in [-0.39, 0.29) is 12.4 Å². The van der Waals surface area contributed by atoms with Gasteiger partial charge in [0.15, 0.2) is 5.96 Å². The Bertz CT molecular complexity index is 329. The number of carbonyl (C=O) groups is 2. The minimum atomic E-state index is -0.868. The van der Waals surface area contributed by atoms with Crippen LogP contribution in [0.15, 0.2) is 4.99 Å². The first-order chi connectivity index (χ1) is 9.47. The fourth-order valence-electron chi connectivity index (χ4n) is 1.35. The molecule has 0 rings (SSSR count). The first kappa shape index (κ1) is 18.2. The Morgan fingerprint density at radius 1 is 1.15 bits per heavy atom. The number of unbranched alkanes of at least 4 members (excludes halogenated alkanes) is 2. The molecule has 20 heavy (non-hydrogen) atoms. The lowest BCUT2D eigenvalue weighted by molar-refractivity contribution is -0.260. The minimum absolute atomic E-state index is 0.0119. The molecule has 0 radical (unpaired) electrons. The summed E-state index contributed by atoms with van der Waals surface area (Å²) < 4.78 is 0. The van der Waals surface area contributed by atoms with E-state index in [1.54, 1.807) is 0 Å². The van der Waals surface area contributed by atoms with Crippen molar-refractivity contribution in [2.75, 3.05) is 6.54 Å². The van der Waals surface area contributed by atoms with Crippen molar-refractivity contribution in [1.82, 2.24) is 0 Å². The molecule has 1 atom stereocenters. The third-order valence-electron chi connectivity index (χ3n) is 2.47. The van der Waals surface area contributed by atoms with Gasteiger partial charge in [0, 0.05) is 6.54 Å². The molecule has 0 amide bonds. The summed E-state index contributed by atoms with van der Waals surface area (Å²) in [5.41, 5.74) is 15.9. The molecule has 6 N–H and O–H groups in total. The molecular weight excluding hydrogens is 264 g/mol. The van der Waals surface area contributed by atoms with Gasteiger partial charge in [-0.25, -0.2) is 19.4 Å². The highest BCUT2D eigenvalue weighted by Crippen LogP contribution is 2.02. The second kappa shape index (κ2) is 11.0. The highest BCUT2D eigenvalue weighted by molar-refractivity contribution is 5.77. The van der Waals surface area contributed by atoms with Crippen molar-refractivity contribution >= 4 is 17.9 Å². The van der Waals surface area contributed by atoms with Gasteiger partial charge < -0.3 is 17.2 Å². The van der Waals surface area contributed by atoms with E-state index in [0.717, 1.165) is 12.8 Å². The van der Waals surface area contributed by atoms with Crippen LogP contribution in [0.2, 0.25) is 0 Å². The molecule has 0 aliphatic heterocycles. The fraction of sp³-hybridized carbons (Fsp3) is 0.750. The highest BCUT2D eigenvalue weighted by Gasteiger charge is 2.17. The zero-order valence-electron chi connectivity index (χ0n) is 11.8. The van der Waals surface area contributed by atoms with E-state index in [1.165, 1.54) is 0 Å².